The Labute approximate surface area is 218 Å². The molecule has 1 N–H and O–H groups in total. The van der Waals surface area contributed by atoms with Gasteiger partial charge in [0.15, 0.2) is 6.61 Å². The minimum atomic E-state index is -0.392. The lowest BCUT2D eigenvalue weighted by Crippen LogP contribution is -2.32. The lowest BCUT2D eigenvalue weighted by Gasteiger charge is -2.13. The van der Waals surface area contributed by atoms with Crippen molar-refractivity contribution in [3.8, 4) is 11.5 Å². The van der Waals surface area contributed by atoms with Crippen molar-refractivity contribution >= 4 is 52.2 Å². The number of halogens is 1. The van der Waals surface area contributed by atoms with Crippen molar-refractivity contribution in [2.75, 3.05) is 25.1 Å². The van der Waals surface area contributed by atoms with Crippen molar-refractivity contribution in [1.82, 2.24) is 4.90 Å². The van der Waals surface area contributed by atoms with Crippen LogP contribution in [-0.4, -0.2) is 41.7 Å². The average molecular weight is 523 g/mol. The highest BCUT2D eigenvalue weighted by Crippen LogP contribution is 2.32. The Hall–Kier alpha value is -3.75. The van der Waals surface area contributed by atoms with Crippen LogP contribution in [0.3, 0.4) is 0 Å². The molecule has 0 atom stereocenters. The number of benzene rings is 3. The van der Waals surface area contributed by atoms with E-state index in [0.717, 1.165) is 27.9 Å². The molecule has 3 aromatic rings. The number of hydrogen-bond acceptors (Lipinski definition) is 6. The second kappa shape index (κ2) is 11.8. The van der Waals surface area contributed by atoms with Crippen LogP contribution >= 0.6 is 23.4 Å². The molecule has 4 rings (SSSR count). The lowest BCUT2D eigenvalue weighted by molar-refractivity contribution is -0.123. The number of nitrogens with zero attached hydrogens (tertiary/aromatic N) is 1. The van der Waals surface area contributed by atoms with E-state index in [-0.39, 0.29) is 30.9 Å². The summed E-state index contributed by atoms with van der Waals surface area (Å²) in [5.74, 6) is 0.286. The summed E-state index contributed by atoms with van der Waals surface area (Å²) >= 11 is 6.93. The Morgan fingerprint density at radius 3 is 2.61 bits per heavy atom. The van der Waals surface area contributed by atoms with Crippen molar-refractivity contribution in [3.63, 3.8) is 0 Å². The van der Waals surface area contributed by atoms with Crippen LogP contribution in [-0.2, 0) is 9.59 Å². The SMILES string of the molecule is Cc1ccccc1NC(=O)COc1cccc(/C=C2\SC(=O)N(CCOc3ccccc3Cl)C2=O)c1. The fourth-order valence-electron chi connectivity index (χ4n) is 3.40. The minimum Gasteiger partial charge on any atom is -0.490 e. The van der Waals surface area contributed by atoms with Crippen molar-refractivity contribution < 1.29 is 23.9 Å². The van der Waals surface area contributed by atoms with Crippen LogP contribution in [0, 0.1) is 6.92 Å². The molecular formula is C27H23ClN2O5S. The number of carbonyl (C=O) groups excluding carboxylic acids is 3. The van der Waals surface area contributed by atoms with E-state index in [0.29, 0.717) is 27.0 Å². The fraction of sp³-hybridized carbons (Fsp3) is 0.148. The van der Waals surface area contributed by atoms with Gasteiger partial charge in [-0.1, -0.05) is 54.1 Å². The first-order valence-electron chi connectivity index (χ1n) is 11.1. The third kappa shape index (κ3) is 6.47. The second-order valence-electron chi connectivity index (χ2n) is 7.84. The highest BCUT2D eigenvalue weighted by atomic mass is 35.5. The van der Waals surface area contributed by atoms with Crippen LogP contribution in [0.2, 0.25) is 5.02 Å². The van der Waals surface area contributed by atoms with Crippen LogP contribution in [0.25, 0.3) is 6.08 Å². The number of imide groups is 1. The molecule has 0 saturated carbocycles. The second-order valence-corrected chi connectivity index (χ2v) is 9.24. The van der Waals surface area contributed by atoms with Gasteiger partial charge >= 0.3 is 0 Å². The van der Waals surface area contributed by atoms with Gasteiger partial charge in [0.1, 0.15) is 18.1 Å². The first-order chi connectivity index (χ1) is 17.4. The van der Waals surface area contributed by atoms with Gasteiger partial charge in [-0.15, -0.1) is 0 Å². The maximum Gasteiger partial charge on any atom is 0.293 e. The van der Waals surface area contributed by atoms with Crippen LogP contribution in [0.4, 0.5) is 10.5 Å². The van der Waals surface area contributed by atoms with Gasteiger partial charge in [0, 0.05) is 5.69 Å². The topological polar surface area (TPSA) is 84.9 Å². The molecule has 0 spiro atoms. The van der Waals surface area contributed by atoms with E-state index in [4.69, 9.17) is 21.1 Å². The quantitative estimate of drug-likeness (QED) is 0.358. The van der Waals surface area contributed by atoms with Crippen molar-refractivity contribution in [2.45, 2.75) is 6.92 Å². The van der Waals surface area contributed by atoms with Crippen LogP contribution in [0.5, 0.6) is 11.5 Å². The lowest BCUT2D eigenvalue weighted by atomic mass is 10.2. The van der Waals surface area contributed by atoms with Crippen molar-refractivity contribution in [1.29, 1.82) is 0 Å². The van der Waals surface area contributed by atoms with E-state index in [1.807, 2.05) is 31.2 Å². The minimum absolute atomic E-state index is 0.104. The Morgan fingerprint density at radius 2 is 1.81 bits per heavy atom. The number of thioether (sulfide) groups is 1. The van der Waals surface area contributed by atoms with Gasteiger partial charge in [-0.3, -0.25) is 19.3 Å². The molecule has 0 aliphatic carbocycles. The molecular weight excluding hydrogens is 500 g/mol. The summed E-state index contributed by atoms with van der Waals surface area (Å²) in [6, 6.07) is 21.4. The van der Waals surface area contributed by atoms with Crippen LogP contribution < -0.4 is 14.8 Å². The number of hydrogen-bond donors (Lipinski definition) is 1. The standard InChI is InChI=1S/C27H23ClN2O5S/c1-18-7-2-4-11-22(18)29-25(31)17-35-20-9-6-8-19(15-20)16-24-26(32)30(27(33)36-24)13-14-34-23-12-5-3-10-21(23)28/h2-12,15-16H,13-14,17H2,1H3,(H,29,31)/b24-16-. The monoisotopic (exact) mass is 522 g/mol. The molecule has 3 aromatic carbocycles. The molecule has 1 heterocycles. The van der Waals surface area contributed by atoms with Gasteiger partial charge in [-0.2, -0.15) is 0 Å². The van der Waals surface area contributed by atoms with Gasteiger partial charge in [-0.25, -0.2) is 0 Å². The number of nitrogens with one attached hydrogen (secondary N) is 1. The fourth-order valence-corrected chi connectivity index (χ4v) is 4.45. The Kier molecular flexibility index (Phi) is 8.30. The first-order valence-corrected chi connectivity index (χ1v) is 12.3. The van der Waals surface area contributed by atoms with E-state index < -0.39 is 5.91 Å². The average Bonchev–Trinajstić information content (AvgIpc) is 3.13. The zero-order chi connectivity index (χ0) is 25.5. The maximum atomic E-state index is 12.8. The molecule has 184 valence electrons. The molecule has 1 aliphatic rings. The Balaban J connectivity index is 1.33. The van der Waals surface area contributed by atoms with E-state index in [1.165, 1.54) is 0 Å². The number of para-hydroxylation sites is 2. The summed E-state index contributed by atoms with van der Waals surface area (Å²) in [6.45, 7) is 1.97. The van der Waals surface area contributed by atoms with Gasteiger partial charge < -0.3 is 14.8 Å². The number of aryl methyl sites for hydroxylation is 1. The zero-order valence-corrected chi connectivity index (χ0v) is 21.0. The van der Waals surface area contributed by atoms with Crippen LogP contribution in [0.1, 0.15) is 11.1 Å². The summed E-state index contributed by atoms with van der Waals surface area (Å²) in [4.78, 5) is 38.9. The summed E-state index contributed by atoms with van der Waals surface area (Å²) in [5, 5.41) is 2.91. The molecule has 0 aromatic heterocycles. The highest BCUT2D eigenvalue weighted by Gasteiger charge is 2.34. The van der Waals surface area contributed by atoms with Gasteiger partial charge in [-0.05, 0) is 66.2 Å². The third-order valence-corrected chi connectivity index (χ3v) is 6.45. The molecule has 9 heteroatoms. The van der Waals surface area contributed by atoms with E-state index >= 15 is 0 Å². The molecule has 1 saturated heterocycles. The molecule has 7 nitrogen and oxygen atoms in total. The van der Waals surface area contributed by atoms with E-state index in [2.05, 4.69) is 5.32 Å². The summed E-state index contributed by atoms with van der Waals surface area (Å²) < 4.78 is 11.2. The summed E-state index contributed by atoms with van der Waals surface area (Å²) in [6.07, 6.45) is 1.63. The highest BCUT2D eigenvalue weighted by molar-refractivity contribution is 8.18. The molecule has 0 bridgehead atoms. The molecule has 36 heavy (non-hydrogen) atoms. The molecule has 1 aliphatic heterocycles. The summed E-state index contributed by atoms with van der Waals surface area (Å²) in [7, 11) is 0. The van der Waals surface area contributed by atoms with Gasteiger partial charge in [0.2, 0.25) is 0 Å². The normalized spacial score (nSPS) is 14.3. The summed E-state index contributed by atoms with van der Waals surface area (Å²) in [5.41, 5.74) is 2.36. The number of anilines is 1. The van der Waals surface area contributed by atoms with Crippen molar-refractivity contribution in [3.05, 3.63) is 93.9 Å². The van der Waals surface area contributed by atoms with Crippen LogP contribution in [0.15, 0.2) is 77.7 Å². The maximum absolute atomic E-state index is 12.8. The Bertz CT molecular complexity index is 1330. The number of ether oxygens (including phenoxy) is 2. The molecule has 0 unspecified atom stereocenters. The predicted molar refractivity (Wildman–Crippen MR) is 141 cm³/mol. The van der Waals surface area contributed by atoms with E-state index in [9.17, 15) is 14.4 Å². The smallest absolute Gasteiger partial charge is 0.293 e. The number of rotatable bonds is 9. The zero-order valence-electron chi connectivity index (χ0n) is 19.4. The largest absolute Gasteiger partial charge is 0.490 e. The van der Waals surface area contributed by atoms with Gasteiger partial charge in [0.05, 0.1) is 16.5 Å². The van der Waals surface area contributed by atoms with E-state index in [1.54, 1.807) is 54.6 Å². The molecule has 0 radical (unpaired) electrons. The molecule has 1 fully saturated rings. The van der Waals surface area contributed by atoms with Crippen molar-refractivity contribution in [2.24, 2.45) is 0 Å². The third-order valence-electron chi connectivity index (χ3n) is 5.23. The van der Waals surface area contributed by atoms with Gasteiger partial charge in [0.25, 0.3) is 17.1 Å². The Morgan fingerprint density at radius 1 is 1.03 bits per heavy atom. The molecule has 3 amide bonds. The number of amides is 3. The predicted octanol–water partition coefficient (Wildman–Crippen LogP) is 5.78. The first kappa shape index (κ1) is 25.3. The number of carbonyl (C=O) groups is 3.